The number of rotatable bonds is 6. The molecule has 0 aliphatic heterocycles. The molecule has 0 aliphatic rings. The van der Waals surface area contributed by atoms with Gasteiger partial charge in [-0.15, -0.1) is 0 Å². The maximum atomic E-state index is 10.7. The SMILES string of the molecule is CCCC(=O)OOC(C)(C)C.CCCC(=O)OOC(C)(C)C.[Ti]. The Balaban J connectivity index is -0.000000333. The van der Waals surface area contributed by atoms with E-state index < -0.39 is 11.2 Å². The Hall–Kier alpha value is -0.426. The van der Waals surface area contributed by atoms with E-state index in [4.69, 9.17) is 9.78 Å². The van der Waals surface area contributed by atoms with Gasteiger partial charge in [0, 0.05) is 34.6 Å². The maximum Gasteiger partial charge on any atom is 0.342 e. The average Bonchev–Trinajstić information content (AvgIpc) is 2.34. The molecule has 0 saturated heterocycles. The van der Waals surface area contributed by atoms with Gasteiger partial charge < -0.3 is 0 Å². The minimum atomic E-state index is -0.413. The van der Waals surface area contributed by atoms with Crippen molar-refractivity contribution in [3.8, 4) is 0 Å². The molecule has 7 heteroatoms. The van der Waals surface area contributed by atoms with Crippen molar-refractivity contribution in [3.63, 3.8) is 0 Å². The predicted molar refractivity (Wildman–Crippen MR) is 83.7 cm³/mol. The van der Waals surface area contributed by atoms with Crippen molar-refractivity contribution in [3.05, 3.63) is 0 Å². The molecule has 0 amide bonds. The van der Waals surface area contributed by atoms with Crippen LogP contribution < -0.4 is 0 Å². The van der Waals surface area contributed by atoms with Crippen molar-refractivity contribution < 1.29 is 50.9 Å². The van der Waals surface area contributed by atoms with E-state index in [0.717, 1.165) is 12.8 Å². The summed E-state index contributed by atoms with van der Waals surface area (Å²) in [4.78, 5) is 40.1. The molecular formula is C16H32O6Ti. The summed E-state index contributed by atoms with van der Waals surface area (Å²) < 4.78 is 0. The molecule has 0 rings (SSSR count). The van der Waals surface area contributed by atoms with Gasteiger partial charge in [0.15, 0.2) is 0 Å². The van der Waals surface area contributed by atoms with Crippen molar-refractivity contribution in [1.29, 1.82) is 0 Å². The van der Waals surface area contributed by atoms with Crippen molar-refractivity contribution >= 4 is 11.9 Å². The third-order valence-corrected chi connectivity index (χ3v) is 1.68. The molecule has 23 heavy (non-hydrogen) atoms. The molecule has 0 radical (unpaired) electrons. The van der Waals surface area contributed by atoms with E-state index in [2.05, 4.69) is 9.78 Å². The van der Waals surface area contributed by atoms with Gasteiger partial charge in [-0.3, -0.25) is 9.78 Å². The van der Waals surface area contributed by atoms with Gasteiger partial charge in [0.2, 0.25) is 0 Å². The third-order valence-electron chi connectivity index (χ3n) is 1.68. The molecule has 0 bridgehead atoms. The summed E-state index contributed by atoms with van der Waals surface area (Å²) in [6.07, 6.45) is 2.39. The van der Waals surface area contributed by atoms with Crippen LogP contribution in [0, 0.1) is 0 Å². The minimum Gasteiger partial charge on any atom is -0.298 e. The van der Waals surface area contributed by atoms with Crippen molar-refractivity contribution in [2.45, 2.75) is 92.3 Å². The number of hydrogen-bond acceptors (Lipinski definition) is 6. The van der Waals surface area contributed by atoms with Gasteiger partial charge in [-0.2, -0.15) is 9.78 Å². The molecule has 0 unspecified atom stereocenters. The van der Waals surface area contributed by atoms with E-state index >= 15 is 0 Å². The first-order valence-corrected chi connectivity index (χ1v) is 7.68. The summed E-state index contributed by atoms with van der Waals surface area (Å²) in [6, 6.07) is 0. The Morgan fingerprint density at radius 1 is 0.696 bits per heavy atom. The smallest absolute Gasteiger partial charge is 0.298 e. The molecule has 0 aromatic rings. The zero-order valence-electron chi connectivity index (χ0n) is 15.8. The van der Waals surface area contributed by atoms with Crippen LogP contribution in [0.15, 0.2) is 0 Å². The van der Waals surface area contributed by atoms with E-state index in [9.17, 15) is 9.59 Å². The van der Waals surface area contributed by atoms with Gasteiger partial charge >= 0.3 is 11.9 Å². The first kappa shape index (κ1) is 27.4. The molecule has 0 spiro atoms. The fourth-order valence-corrected chi connectivity index (χ4v) is 0.835. The van der Waals surface area contributed by atoms with E-state index in [1.54, 1.807) is 0 Å². The number of carbonyl (C=O) groups is 2. The van der Waals surface area contributed by atoms with Gasteiger partial charge in [-0.1, -0.05) is 13.8 Å². The Labute approximate surface area is 155 Å². The molecule has 136 valence electrons. The molecule has 0 aromatic heterocycles. The quantitative estimate of drug-likeness (QED) is 0.399. The van der Waals surface area contributed by atoms with Crippen molar-refractivity contribution in [1.82, 2.24) is 0 Å². The Kier molecular flexibility index (Phi) is 16.6. The van der Waals surface area contributed by atoms with Crippen molar-refractivity contribution in [2.24, 2.45) is 0 Å². The second-order valence-corrected chi connectivity index (χ2v) is 6.80. The monoisotopic (exact) mass is 368 g/mol. The maximum absolute atomic E-state index is 10.7. The fraction of sp³-hybridized carbons (Fsp3) is 0.875. The van der Waals surface area contributed by atoms with Gasteiger partial charge in [-0.05, 0) is 54.4 Å². The van der Waals surface area contributed by atoms with E-state index in [1.165, 1.54) is 0 Å². The first-order valence-electron chi connectivity index (χ1n) is 7.68. The molecule has 0 aliphatic carbocycles. The first-order chi connectivity index (χ1) is 9.91. The van der Waals surface area contributed by atoms with Gasteiger partial charge in [0.05, 0.1) is 0 Å². The van der Waals surface area contributed by atoms with Crippen LogP contribution in [-0.4, -0.2) is 23.1 Å². The molecule has 0 saturated carbocycles. The third kappa shape index (κ3) is 26.8. The van der Waals surface area contributed by atoms with Crippen LogP contribution in [0.1, 0.15) is 81.1 Å². The van der Waals surface area contributed by atoms with Crippen LogP contribution in [0.2, 0.25) is 0 Å². The predicted octanol–water partition coefficient (Wildman–Crippen LogP) is 4.12. The Morgan fingerprint density at radius 2 is 0.957 bits per heavy atom. The molecular weight excluding hydrogens is 336 g/mol. The Morgan fingerprint density at radius 3 is 1.13 bits per heavy atom. The van der Waals surface area contributed by atoms with Crippen LogP contribution in [0.25, 0.3) is 0 Å². The van der Waals surface area contributed by atoms with E-state index in [-0.39, 0.29) is 33.7 Å². The van der Waals surface area contributed by atoms with Crippen LogP contribution in [0.4, 0.5) is 0 Å². The van der Waals surface area contributed by atoms with Crippen LogP contribution >= 0.6 is 0 Å². The second kappa shape index (κ2) is 14.0. The molecule has 0 N–H and O–H groups in total. The summed E-state index contributed by atoms with van der Waals surface area (Å²) >= 11 is 0. The number of hydrogen-bond donors (Lipinski definition) is 0. The average molecular weight is 368 g/mol. The Bertz CT molecular complexity index is 286. The normalized spacial score (nSPS) is 10.8. The molecule has 0 aromatic carbocycles. The summed E-state index contributed by atoms with van der Waals surface area (Å²) in [5.74, 6) is -0.607. The summed E-state index contributed by atoms with van der Waals surface area (Å²) in [5.41, 5.74) is -0.827. The van der Waals surface area contributed by atoms with Gasteiger partial charge in [-0.25, -0.2) is 9.59 Å². The second-order valence-electron chi connectivity index (χ2n) is 6.80. The number of carbonyl (C=O) groups excluding carboxylic acids is 2. The van der Waals surface area contributed by atoms with Gasteiger partial charge in [0.25, 0.3) is 0 Å². The molecule has 6 nitrogen and oxygen atoms in total. The van der Waals surface area contributed by atoms with E-state index in [1.807, 2.05) is 55.4 Å². The van der Waals surface area contributed by atoms with Crippen LogP contribution in [0.5, 0.6) is 0 Å². The molecule has 0 atom stereocenters. The largest absolute Gasteiger partial charge is 0.342 e. The zero-order chi connectivity index (χ0) is 17.8. The van der Waals surface area contributed by atoms with Gasteiger partial charge in [0.1, 0.15) is 11.2 Å². The van der Waals surface area contributed by atoms with E-state index in [0.29, 0.717) is 12.8 Å². The van der Waals surface area contributed by atoms with Crippen LogP contribution in [0.3, 0.4) is 0 Å². The molecule has 0 fully saturated rings. The fourth-order valence-electron chi connectivity index (χ4n) is 0.835. The van der Waals surface area contributed by atoms with Crippen LogP contribution in [-0.2, 0) is 50.9 Å². The standard InChI is InChI=1S/2C8H16O3.Ti/c2*1-5-6-7(9)10-11-8(2,3)4;/h2*5-6H2,1-4H3;. The summed E-state index contributed by atoms with van der Waals surface area (Å²) in [7, 11) is 0. The topological polar surface area (TPSA) is 71.1 Å². The summed E-state index contributed by atoms with van der Waals surface area (Å²) in [5, 5.41) is 0. The zero-order valence-corrected chi connectivity index (χ0v) is 17.3. The van der Waals surface area contributed by atoms with Crippen molar-refractivity contribution in [2.75, 3.05) is 0 Å². The minimum absolute atomic E-state index is 0. The summed E-state index contributed by atoms with van der Waals surface area (Å²) in [6.45, 7) is 14.8. The molecule has 0 heterocycles.